The minimum Gasteiger partial charge on any atom is -0.497 e. The van der Waals surface area contributed by atoms with E-state index in [0.717, 1.165) is 36.5 Å². The van der Waals surface area contributed by atoms with Crippen LogP contribution in [0.15, 0.2) is 30.6 Å². The number of likely N-dealkylation sites (tertiary alicyclic amines) is 1. The molecule has 1 saturated heterocycles. The van der Waals surface area contributed by atoms with Crippen molar-refractivity contribution in [3.63, 3.8) is 0 Å². The topological polar surface area (TPSA) is 89.3 Å². The van der Waals surface area contributed by atoms with Crippen LogP contribution in [-0.4, -0.2) is 51.7 Å². The standard InChI is InChI=1S/C21H29N5O3/c1-3-11-26-15-23-24-19(26)13-22-21(28)17-6-9-20(27)25(14-17)12-10-16-4-7-18(29-2)8-5-16/h4-5,7-8,15,17H,3,6,9-14H2,1-2H3,(H,22,28)/t17-/m0/s1. The third-order valence-corrected chi connectivity index (χ3v) is 5.28. The normalized spacial score (nSPS) is 16.7. The molecule has 1 aliphatic rings. The zero-order valence-corrected chi connectivity index (χ0v) is 17.1. The number of methoxy groups -OCH3 is 1. The van der Waals surface area contributed by atoms with Crippen molar-refractivity contribution >= 4 is 11.8 Å². The Kier molecular flexibility index (Phi) is 7.21. The molecule has 0 unspecified atom stereocenters. The van der Waals surface area contributed by atoms with E-state index >= 15 is 0 Å². The SMILES string of the molecule is CCCn1cnnc1CNC(=O)[C@H]1CCC(=O)N(CCc2ccc(OC)cc2)C1. The summed E-state index contributed by atoms with van der Waals surface area (Å²) < 4.78 is 7.12. The predicted molar refractivity (Wildman–Crippen MR) is 108 cm³/mol. The van der Waals surface area contributed by atoms with Gasteiger partial charge in [-0.2, -0.15) is 0 Å². The summed E-state index contributed by atoms with van der Waals surface area (Å²) in [6, 6.07) is 7.84. The maximum atomic E-state index is 12.6. The summed E-state index contributed by atoms with van der Waals surface area (Å²) in [7, 11) is 1.64. The van der Waals surface area contributed by atoms with Gasteiger partial charge in [0.05, 0.1) is 19.6 Å². The quantitative estimate of drug-likeness (QED) is 0.694. The number of aryl methyl sites for hydroxylation is 1. The molecule has 8 heteroatoms. The average molecular weight is 399 g/mol. The predicted octanol–water partition coefficient (Wildman–Crippen LogP) is 1.79. The van der Waals surface area contributed by atoms with Gasteiger partial charge in [-0.1, -0.05) is 19.1 Å². The molecule has 0 spiro atoms. The number of carbonyl (C=O) groups is 2. The number of hydrogen-bond acceptors (Lipinski definition) is 5. The average Bonchev–Trinajstić information content (AvgIpc) is 3.19. The van der Waals surface area contributed by atoms with Gasteiger partial charge in [0.1, 0.15) is 12.1 Å². The van der Waals surface area contributed by atoms with Gasteiger partial charge in [-0.3, -0.25) is 9.59 Å². The lowest BCUT2D eigenvalue weighted by Crippen LogP contribution is -2.46. The summed E-state index contributed by atoms with van der Waals surface area (Å²) in [6.07, 6.45) is 4.42. The molecular weight excluding hydrogens is 370 g/mol. The van der Waals surface area contributed by atoms with E-state index < -0.39 is 0 Å². The summed E-state index contributed by atoms with van der Waals surface area (Å²) in [5.41, 5.74) is 1.14. The Morgan fingerprint density at radius 1 is 1.28 bits per heavy atom. The lowest BCUT2D eigenvalue weighted by molar-refractivity contribution is -0.138. The number of amides is 2. The monoisotopic (exact) mass is 399 g/mol. The second kappa shape index (κ2) is 10.0. The van der Waals surface area contributed by atoms with Crippen molar-refractivity contribution in [2.75, 3.05) is 20.2 Å². The molecule has 1 aromatic heterocycles. The van der Waals surface area contributed by atoms with Crippen LogP contribution in [0.1, 0.15) is 37.6 Å². The van der Waals surface area contributed by atoms with Gasteiger partial charge in [0.2, 0.25) is 11.8 Å². The van der Waals surface area contributed by atoms with Crippen molar-refractivity contribution in [1.82, 2.24) is 25.0 Å². The number of nitrogens with zero attached hydrogens (tertiary/aromatic N) is 4. The Balaban J connectivity index is 1.50. The highest BCUT2D eigenvalue weighted by Crippen LogP contribution is 2.19. The van der Waals surface area contributed by atoms with E-state index in [1.54, 1.807) is 18.3 Å². The number of rotatable bonds is 9. The molecule has 0 bridgehead atoms. The summed E-state index contributed by atoms with van der Waals surface area (Å²) in [6.45, 7) is 4.34. The molecule has 1 atom stereocenters. The first-order valence-electron chi connectivity index (χ1n) is 10.2. The van der Waals surface area contributed by atoms with E-state index in [9.17, 15) is 9.59 Å². The Morgan fingerprint density at radius 2 is 2.07 bits per heavy atom. The molecule has 1 N–H and O–H groups in total. The van der Waals surface area contributed by atoms with Gasteiger partial charge in [-0.25, -0.2) is 0 Å². The number of nitrogens with one attached hydrogen (secondary N) is 1. The Hall–Kier alpha value is -2.90. The smallest absolute Gasteiger partial charge is 0.225 e. The third kappa shape index (κ3) is 5.56. The van der Waals surface area contributed by atoms with Crippen LogP contribution in [-0.2, 0) is 29.1 Å². The van der Waals surface area contributed by atoms with Gasteiger partial charge in [0, 0.05) is 26.1 Å². The molecule has 2 heterocycles. The van der Waals surface area contributed by atoms with E-state index in [1.165, 1.54) is 0 Å². The molecule has 156 valence electrons. The van der Waals surface area contributed by atoms with Crippen LogP contribution in [0.3, 0.4) is 0 Å². The largest absolute Gasteiger partial charge is 0.497 e. The molecule has 1 fully saturated rings. The molecule has 0 saturated carbocycles. The summed E-state index contributed by atoms with van der Waals surface area (Å²) in [4.78, 5) is 26.7. The van der Waals surface area contributed by atoms with Crippen molar-refractivity contribution in [1.29, 1.82) is 0 Å². The molecule has 2 aromatic rings. The maximum absolute atomic E-state index is 12.6. The molecule has 1 aliphatic heterocycles. The van der Waals surface area contributed by atoms with Crippen LogP contribution in [0.2, 0.25) is 0 Å². The second-order valence-electron chi connectivity index (χ2n) is 7.33. The zero-order chi connectivity index (χ0) is 20.6. The van der Waals surface area contributed by atoms with Crippen LogP contribution < -0.4 is 10.1 Å². The van der Waals surface area contributed by atoms with Crippen LogP contribution in [0.5, 0.6) is 5.75 Å². The number of aromatic nitrogens is 3. The lowest BCUT2D eigenvalue weighted by Gasteiger charge is -2.32. The number of benzene rings is 1. The number of carbonyl (C=O) groups excluding carboxylic acids is 2. The summed E-state index contributed by atoms with van der Waals surface area (Å²) in [5.74, 6) is 1.46. The summed E-state index contributed by atoms with van der Waals surface area (Å²) >= 11 is 0. The van der Waals surface area contributed by atoms with Crippen molar-refractivity contribution in [2.24, 2.45) is 5.92 Å². The van der Waals surface area contributed by atoms with E-state index in [1.807, 2.05) is 28.8 Å². The lowest BCUT2D eigenvalue weighted by atomic mass is 9.96. The van der Waals surface area contributed by atoms with Crippen molar-refractivity contribution in [2.45, 2.75) is 45.7 Å². The molecule has 1 aromatic carbocycles. The van der Waals surface area contributed by atoms with E-state index in [4.69, 9.17) is 4.74 Å². The van der Waals surface area contributed by atoms with E-state index in [0.29, 0.717) is 32.5 Å². The van der Waals surface area contributed by atoms with Crippen LogP contribution in [0.25, 0.3) is 0 Å². The van der Waals surface area contributed by atoms with E-state index in [2.05, 4.69) is 22.4 Å². The first-order valence-corrected chi connectivity index (χ1v) is 10.2. The first kappa shape index (κ1) is 20.8. The fourth-order valence-corrected chi connectivity index (χ4v) is 3.56. The Labute approximate surface area is 171 Å². The molecule has 2 amide bonds. The van der Waals surface area contributed by atoms with Gasteiger partial charge in [0.25, 0.3) is 0 Å². The van der Waals surface area contributed by atoms with Crippen molar-refractivity contribution in [3.8, 4) is 5.75 Å². The molecule has 0 radical (unpaired) electrons. The molecule has 29 heavy (non-hydrogen) atoms. The van der Waals surface area contributed by atoms with Crippen molar-refractivity contribution in [3.05, 3.63) is 42.0 Å². The van der Waals surface area contributed by atoms with Gasteiger partial charge in [-0.15, -0.1) is 10.2 Å². The fourth-order valence-electron chi connectivity index (χ4n) is 3.56. The van der Waals surface area contributed by atoms with Crippen LogP contribution in [0.4, 0.5) is 0 Å². The highest BCUT2D eigenvalue weighted by molar-refractivity contribution is 5.83. The van der Waals surface area contributed by atoms with Gasteiger partial charge in [0.15, 0.2) is 5.82 Å². The number of hydrogen-bond donors (Lipinski definition) is 1. The highest BCUT2D eigenvalue weighted by atomic mass is 16.5. The highest BCUT2D eigenvalue weighted by Gasteiger charge is 2.30. The Morgan fingerprint density at radius 3 is 2.79 bits per heavy atom. The molecule has 8 nitrogen and oxygen atoms in total. The van der Waals surface area contributed by atoms with Crippen LogP contribution in [0, 0.1) is 5.92 Å². The molecular formula is C21H29N5O3. The maximum Gasteiger partial charge on any atom is 0.225 e. The first-order chi connectivity index (χ1) is 14.1. The number of ether oxygens (including phenoxy) is 1. The van der Waals surface area contributed by atoms with E-state index in [-0.39, 0.29) is 17.7 Å². The number of piperidine rings is 1. The Bertz CT molecular complexity index is 818. The van der Waals surface area contributed by atoms with Crippen molar-refractivity contribution < 1.29 is 14.3 Å². The minimum atomic E-state index is -0.189. The minimum absolute atomic E-state index is 0.0296. The zero-order valence-electron chi connectivity index (χ0n) is 17.1. The van der Waals surface area contributed by atoms with Gasteiger partial charge < -0.3 is 19.5 Å². The molecule has 3 rings (SSSR count). The van der Waals surface area contributed by atoms with Gasteiger partial charge >= 0.3 is 0 Å². The van der Waals surface area contributed by atoms with Crippen LogP contribution >= 0.6 is 0 Å². The fraction of sp³-hybridized carbons (Fsp3) is 0.524. The van der Waals surface area contributed by atoms with Gasteiger partial charge in [-0.05, 0) is 37.0 Å². The second-order valence-corrected chi connectivity index (χ2v) is 7.33. The third-order valence-electron chi connectivity index (χ3n) is 5.28. The molecule has 0 aliphatic carbocycles. The summed E-state index contributed by atoms with van der Waals surface area (Å²) in [5, 5.41) is 11.0.